The van der Waals surface area contributed by atoms with Crippen LogP contribution in [-0.4, -0.2) is 48.5 Å². The molecular weight excluding hydrogens is 348 g/mol. The predicted molar refractivity (Wildman–Crippen MR) is 85.3 cm³/mol. The first-order chi connectivity index (χ1) is 9.15. The Bertz CT molecular complexity index is 432. The molecule has 1 heterocycles. The van der Waals surface area contributed by atoms with Crippen LogP contribution in [0.5, 0.6) is 0 Å². The lowest BCUT2D eigenvalue weighted by molar-refractivity contribution is 0.0949. The molecule has 104 valence electrons. The molecule has 6 heteroatoms. The Morgan fingerprint density at radius 2 is 2.11 bits per heavy atom. The van der Waals surface area contributed by atoms with Gasteiger partial charge in [0.05, 0.1) is 0 Å². The van der Waals surface area contributed by atoms with E-state index < -0.39 is 0 Å². The number of hydrogen-bond donors (Lipinski definition) is 1. The highest BCUT2D eigenvalue weighted by atomic mass is 79.9. The van der Waals surface area contributed by atoms with Gasteiger partial charge in [0.15, 0.2) is 0 Å². The number of rotatable bonds is 4. The number of carbonyl (C=O) groups is 1. The number of hydrogen-bond acceptors (Lipinski definition) is 3. The average Bonchev–Trinajstić information content (AvgIpc) is 2.38. The second kappa shape index (κ2) is 7.53. The lowest BCUT2D eigenvalue weighted by atomic mass is 10.2. The largest absolute Gasteiger partial charge is 0.351 e. The molecule has 0 aliphatic carbocycles. The highest BCUT2D eigenvalue weighted by molar-refractivity contribution is 9.10. The van der Waals surface area contributed by atoms with Crippen LogP contribution in [0.1, 0.15) is 10.4 Å². The fraction of sp³-hybridized carbons (Fsp3) is 0.462. The summed E-state index contributed by atoms with van der Waals surface area (Å²) in [5.41, 5.74) is 0.591. The molecule has 0 saturated carbocycles. The van der Waals surface area contributed by atoms with Crippen molar-refractivity contribution in [2.45, 2.75) is 0 Å². The van der Waals surface area contributed by atoms with Gasteiger partial charge >= 0.3 is 0 Å². The molecule has 1 aromatic carbocycles. The van der Waals surface area contributed by atoms with Crippen LogP contribution in [0.3, 0.4) is 0 Å². The Labute approximate surface area is 131 Å². The van der Waals surface area contributed by atoms with E-state index in [1.54, 1.807) is 18.2 Å². The Kier molecular flexibility index (Phi) is 6.01. The molecule has 0 bridgehead atoms. The van der Waals surface area contributed by atoms with E-state index in [0.29, 0.717) is 17.1 Å². The SMILES string of the molecule is O=C(NCCN1CCSCC1)c1cc(Cl)cc(Br)c1. The summed E-state index contributed by atoms with van der Waals surface area (Å²) >= 11 is 11.3. The molecule has 2 rings (SSSR count). The van der Waals surface area contributed by atoms with Crippen molar-refractivity contribution in [3.8, 4) is 0 Å². The summed E-state index contributed by atoms with van der Waals surface area (Å²) in [6, 6.07) is 5.22. The third-order valence-electron chi connectivity index (χ3n) is 2.94. The monoisotopic (exact) mass is 362 g/mol. The van der Waals surface area contributed by atoms with E-state index in [0.717, 1.165) is 24.1 Å². The Morgan fingerprint density at radius 3 is 2.79 bits per heavy atom. The second-order valence-corrected chi connectivity index (χ2v) is 6.94. The molecule has 0 atom stereocenters. The summed E-state index contributed by atoms with van der Waals surface area (Å²) < 4.78 is 0.818. The summed E-state index contributed by atoms with van der Waals surface area (Å²) in [7, 11) is 0. The van der Waals surface area contributed by atoms with Crippen molar-refractivity contribution in [1.82, 2.24) is 10.2 Å². The highest BCUT2D eigenvalue weighted by Crippen LogP contribution is 2.19. The Hall–Kier alpha value is -0.230. The molecule has 0 unspecified atom stereocenters. The minimum Gasteiger partial charge on any atom is -0.351 e. The van der Waals surface area contributed by atoms with Gasteiger partial charge in [0, 0.05) is 52.7 Å². The van der Waals surface area contributed by atoms with E-state index in [-0.39, 0.29) is 5.91 Å². The molecule has 1 aromatic rings. The molecule has 0 radical (unpaired) electrons. The zero-order valence-electron chi connectivity index (χ0n) is 10.5. The first-order valence-corrected chi connectivity index (χ1v) is 8.52. The lowest BCUT2D eigenvalue weighted by Gasteiger charge is -2.26. The molecular formula is C13H16BrClN2OS. The lowest BCUT2D eigenvalue weighted by Crippen LogP contribution is -2.39. The van der Waals surface area contributed by atoms with Crippen LogP contribution in [0.25, 0.3) is 0 Å². The summed E-state index contributed by atoms with van der Waals surface area (Å²) in [5, 5.41) is 3.50. The van der Waals surface area contributed by atoms with Gasteiger partial charge in [-0.15, -0.1) is 0 Å². The van der Waals surface area contributed by atoms with E-state index in [4.69, 9.17) is 11.6 Å². The smallest absolute Gasteiger partial charge is 0.251 e. The van der Waals surface area contributed by atoms with Gasteiger partial charge in [-0.05, 0) is 18.2 Å². The van der Waals surface area contributed by atoms with Crippen LogP contribution < -0.4 is 5.32 Å². The van der Waals surface area contributed by atoms with E-state index in [1.165, 1.54) is 11.5 Å². The topological polar surface area (TPSA) is 32.3 Å². The molecule has 1 fully saturated rings. The minimum absolute atomic E-state index is 0.0745. The maximum atomic E-state index is 12.0. The fourth-order valence-electron chi connectivity index (χ4n) is 1.94. The van der Waals surface area contributed by atoms with Crippen LogP contribution in [0.15, 0.2) is 22.7 Å². The first kappa shape index (κ1) is 15.2. The summed E-state index contributed by atoms with van der Waals surface area (Å²) in [4.78, 5) is 14.4. The van der Waals surface area contributed by atoms with Gasteiger partial charge in [-0.1, -0.05) is 27.5 Å². The molecule has 1 saturated heterocycles. The van der Waals surface area contributed by atoms with E-state index in [9.17, 15) is 4.79 Å². The van der Waals surface area contributed by atoms with Crippen LogP contribution >= 0.6 is 39.3 Å². The quantitative estimate of drug-likeness (QED) is 0.893. The van der Waals surface area contributed by atoms with Gasteiger partial charge in [-0.25, -0.2) is 0 Å². The van der Waals surface area contributed by atoms with E-state index in [1.807, 2.05) is 11.8 Å². The number of thioether (sulfide) groups is 1. The van der Waals surface area contributed by atoms with Crippen LogP contribution in [-0.2, 0) is 0 Å². The van der Waals surface area contributed by atoms with Gasteiger partial charge in [-0.2, -0.15) is 11.8 Å². The molecule has 0 aromatic heterocycles. The maximum absolute atomic E-state index is 12.0. The third-order valence-corrected chi connectivity index (χ3v) is 4.56. The molecule has 1 amide bonds. The zero-order chi connectivity index (χ0) is 13.7. The first-order valence-electron chi connectivity index (χ1n) is 6.19. The molecule has 1 N–H and O–H groups in total. The van der Waals surface area contributed by atoms with Crippen molar-refractivity contribution in [1.29, 1.82) is 0 Å². The van der Waals surface area contributed by atoms with Crippen LogP contribution in [0.2, 0.25) is 5.02 Å². The van der Waals surface area contributed by atoms with Crippen molar-refractivity contribution < 1.29 is 4.79 Å². The molecule has 1 aliphatic rings. The molecule has 0 spiro atoms. The summed E-state index contributed by atoms with van der Waals surface area (Å²) in [5.74, 6) is 2.30. The minimum atomic E-state index is -0.0745. The van der Waals surface area contributed by atoms with Gasteiger partial charge in [0.25, 0.3) is 5.91 Å². The predicted octanol–water partition coefficient (Wildman–Crippen LogP) is 2.88. The number of nitrogens with one attached hydrogen (secondary N) is 1. The second-order valence-electron chi connectivity index (χ2n) is 4.37. The van der Waals surface area contributed by atoms with Crippen LogP contribution in [0, 0.1) is 0 Å². The van der Waals surface area contributed by atoms with Crippen molar-refractivity contribution in [2.75, 3.05) is 37.7 Å². The number of halogens is 2. The summed E-state index contributed by atoms with van der Waals surface area (Å²) in [6.45, 7) is 3.81. The third kappa shape index (κ3) is 4.99. The van der Waals surface area contributed by atoms with E-state index in [2.05, 4.69) is 26.1 Å². The van der Waals surface area contributed by atoms with Crippen molar-refractivity contribution in [2.24, 2.45) is 0 Å². The number of benzene rings is 1. The average molecular weight is 364 g/mol. The standard InChI is InChI=1S/C13H16BrClN2OS/c14-11-7-10(8-12(15)9-11)13(18)16-1-2-17-3-5-19-6-4-17/h7-9H,1-6H2,(H,16,18). The molecule has 3 nitrogen and oxygen atoms in total. The molecule has 1 aliphatic heterocycles. The van der Waals surface area contributed by atoms with Crippen LogP contribution in [0.4, 0.5) is 0 Å². The zero-order valence-corrected chi connectivity index (χ0v) is 13.7. The molecule has 19 heavy (non-hydrogen) atoms. The fourth-order valence-corrected chi connectivity index (χ4v) is 3.78. The maximum Gasteiger partial charge on any atom is 0.251 e. The number of carbonyl (C=O) groups excluding carboxylic acids is 1. The van der Waals surface area contributed by atoms with Gasteiger partial charge in [-0.3, -0.25) is 9.69 Å². The Balaban J connectivity index is 1.80. The van der Waals surface area contributed by atoms with Crippen molar-refractivity contribution in [3.05, 3.63) is 33.3 Å². The summed E-state index contributed by atoms with van der Waals surface area (Å²) in [6.07, 6.45) is 0. The highest BCUT2D eigenvalue weighted by Gasteiger charge is 2.11. The number of amides is 1. The normalized spacial score (nSPS) is 16.3. The van der Waals surface area contributed by atoms with Crippen molar-refractivity contribution in [3.63, 3.8) is 0 Å². The van der Waals surface area contributed by atoms with Gasteiger partial charge < -0.3 is 5.32 Å². The Morgan fingerprint density at radius 1 is 1.37 bits per heavy atom. The number of nitrogens with zero attached hydrogens (tertiary/aromatic N) is 1. The van der Waals surface area contributed by atoms with E-state index >= 15 is 0 Å². The van der Waals surface area contributed by atoms with Gasteiger partial charge in [0.2, 0.25) is 0 Å². The van der Waals surface area contributed by atoms with Gasteiger partial charge in [0.1, 0.15) is 0 Å². The van der Waals surface area contributed by atoms with Crippen molar-refractivity contribution >= 4 is 45.2 Å².